The first-order chi connectivity index (χ1) is 11.0. The Morgan fingerprint density at radius 1 is 1.30 bits per heavy atom. The molecule has 1 aliphatic carbocycles. The first kappa shape index (κ1) is 17.5. The number of nitrogens with zero attached hydrogens (tertiary/aromatic N) is 1. The summed E-state index contributed by atoms with van der Waals surface area (Å²) in [6.45, 7) is 1.51. The summed E-state index contributed by atoms with van der Waals surface area (Å²) in [7, 11) is 0. The van der Waals surface area contributed by atoms with Crippen molar-refractivity contribution < 1.29 is 14.3 Å². The monoisotopic (exact) mass is 378 g/mol. The van der Waals surface area contributed by atoms with Crippen LogP contribution in [-0.4, -0.2) is 23.5 Å². The summed E-state index contributed by atoms with van der Waals surface area (Å²) in [4.78, 5) is 24.4. The van der Waals surface area contributed by atoms with E-state index in [4.69, 9.17) is 4.74 Å². The number of carbonyl (C=O) groups excluding carboxylic acids is 2. The maximum absolute atomic E-state index is 12.3. The molecule has 1 N–H and O–H groups in total. The molecule has 2 rings (SSSR count). The third-order valence-electron chi connectivity index (χ3n) is 4.03. The van der Waals surface area contributed by atoms with Gasteiger partial charge in [-0.2, -0.15) is 5.26 Å². The van der Waals surface area contributed by atoms with Gasteiger partial charge in [0.05, 0.1) is 11.6 Å². The number of amides is 1. The van der Waals surface area contributed by atoms with Crippen LogP contribution in [0.3, 0.4) is 0 Å². The summed E-state index contributed by atoms with van der Waals surface area (Å²) in [5.41, 5.74) is -0.469. The van der Waals surface area contributed by atoms with Gasteiger partial charge in [0.15, 0.2) is 6.10 Å². The highest BCUT2D eigenvalue weighted by atomic mass is 79.9. The molecule has 0 spiro atoms. The minimum atomic E-state index is -0.957. The van der Waals surface area contributed by atoms with E-state index < -0.39 is 23.5 Å². The first-order valence-electron chi connectivity index (χ1n) is 7.66. The van der Waals surface area contributed by atoms with Crippen LogP contribution >= 0.6 is 15.9 Å². The van der Waals surface area contributed by atoms with Gasteiger partial charge in [-0.3, -0.25) is 4.79 Å². The van der Waals surface area contributed by atoms with Crippen molar-refractivity contribution in [3.63, 3.8) is 0 Å². The van der Waals surface area contributed by atoms with Crippen LogP contribution in [0.2, 0.25) is 0 Å². The van der Waals surface area contributed by atoms with E-state index in [1.165, 1.54) is 6.92 Å². The van der Waals surface area contributed by atoms with Crippen molar-refractivity contribution in [1.82, 2.24) is 5.32 Å². The van der Waals surface area contributed by atoms with E-state index >= 15 is 0 Å². The van der Waals surface area contributed by atoms with Crippen LogP contribution in [0.4, 0.5) is 0 Å². The van der Waals surface area contributed by atoms with E-state index in [9.17, 15) is 14.9 Å². The topological polar surface area (TPSA) is 79.2 Å². The molecule has 6 heteroatoms. The van der Waals surface area contributed by atoms with Crippen molar-refractivity contribution in [2.45, 2.75) is 50.7 Å². The van der Waals surface area contributed by atoms with E-state index in [0.29, 0.717) is 22.9 Å². The van der Waals surface area contributed by atoms with Crippen LogP contribution in [0.15, 0.2) is 28.7 Å². The van der Waals surface area contributed by atoms with Gasteiger partial charge in [0.1, 0.15) is 5.54 Å². The van der Waals surface area contributed by atoms with Gasteiger partial charge in [0.2, 0.25) is 0 Å². The fourth-order valence-electron chi connectivity index (χ4n) is 2.66. The van der Waals surface area contributed by atoms with Gasteiger partial charge in [-0.05, 0) is 47.8 Å². The zero-order valence-corrected chi connectivity index (χ0v) is 14.6. The molecule has 1 aromatic rings. The van der Waals surface area contributed by atoms with E-state index in [1.807, 2.05) is 0 Å². The number of carbonyl (C=O) groups is 2. The highest BCUT2D eigenvalue weighted by Gasteiger charge is 2.35. The lowest BCUT2D eigenvalue weighted by Gasteiger charge is -2.32. The molecular formula is C17H19BrN2O3. The Morgan fingerprint density at radius 3 is 2.57 bits per heavy atom. The lowest BCUT2D eigenvalue weighted by Crippen LogP contribution is -2.52. The first-order valence-corrected chi connectivity index (χ1v) is 8.45. The predicted octanol–water partition coefficient (Wildman–Crippen LogP) is 3.34. The Labute approximate surface area is 144 Å². The van der Waals surface area contributed by atoms with Crippen LogP contribution in [0, 0.1) is 11.3 Å². The molecular weight excluding hydrogens is 360 g/mol. The van der Waals surface area contributed by atoms with E-state index in [-0.39, 0.29) is 0 Å². The Hall–Kier alpha value is -1.87. The molecule has 0 aromatic heterocycles. The Balaban J connectivity index is 1.99. The Bertz CT molecular complexity index is 633. The van der Waals surface area contributed by atoms with E-state index in [2.05, 4.69) is 27.3 Å². The number of ether oxygens (including phenoxy) is 1. The second kappa shape index (κ2) is 7.60. The zero-order valence-electron chi connectivity index (χ0n) is 13.0. The molecule has 5 nitrogen and oxygen atoms in total. The second-order valence-electron chi connectivity index (χ2n) is 5.77. The van der Waals surface area contributed by atoms with Crippen molar-refractivity contribution in [3.8, 4) is 6.07 Å². The number of hydrogen-bond donors (Lipinski definition) is 1. The zero-order chi connectivity index (χ0) is 16.9. The standard InChI is InChI=1S/C17H19BrN2O3/c1-12(23-16(22)13-7-3-4-8-14(13)18)15(21)20-17(11-19)9-5-2-6-10-17/h3-4,7-8,12H,2,5-6,9-10H2,1H3,(H,20,21)/t12-/m1/s1. The molecule has 0 aliphatic heterocycles. The largest absolute Gasteiger partial charge is 0.449 e. The van der Waals surface area contributed by atoms with Crippen LogP contribution < -0.4 is 5.32 Å². The van der Waals surface area contributed by atoms with Gasteiger partial charge >= 0.3 is 5.97 Å². The number of nitrogens with one attached hydrogen (secondary N) is 1. The number of nitriles is 1. The van der Waals surface area contributed by atoms with E-state index in [0.717, 1.165) is 19.3 Å². The van der Waals surface area contributed by atoms with E-state index in [1.54, 1.807) is 24.3 Å². The average molecular weight is 379 g/mol. The lowest BCUT2D eigenvalue weighted by atomic mass is 9.83. The average Bonchev–Trinajstić information content (AvgIpc) is 2.55. The molecule has 1 fully saturated rings. The molecule has 0 bridgehead atoms. The SMILES string of the molecule is C[C@@H](OC(=O)c1ccccc1Br)C(=O)NC1(C#N)CCCCC1. The number of esters is 1. The molecule has 122 valence electrons. The van der Waals surface area contributed by atoms with Crippen LogP contribution in [0.5, 0.6) is 0 Å². The fraction of sp³-hybridized carbons (Fsp3) is 0.471. The summed E-state index contributed by atoms with van der Waals surface area (Å²) >= 11 is 3.28. The van der Waals surface area contributed by atoms with Crippen molar-refractivity contribution in [2.24, 2.45) is 0 Å². The highest BCUT2D eigenvalue weighted by Crippen LogP contribution is 2.27. The third kappa shape index (κ3) is 4.32. The minimum absolute atomic E-state index is 0.361. The predicted molar refractivity (Wildman–Crippen MR) is 88.6 cm³/mol. The smallest absolute Gasteiger partial charge is 0.340 e. The maximum atomic E-state index is 12.3. The van der Waals surface area contributed by atoms with Crippen LogP contribution in [0.25, 0.3) is 0 Å². The summed E-state index contributed by atoms with van der Waals surface area (Å²) in [6, 6.07) is 9.08. The fourth-order valence-corrected chi connectivity index (χ4v) is 3.11. The molecule has 1 saturated carbocycles. The molecule has 1 aromatic carbocycles. The quantitative estimate of drug-likeness (QED) is 0.814. The lowest BCUT2D eigenvalue weighted by molar-refractivity contribution is -0.130. The summed E-state index contributed by atoms with van der Waals surface area (Å²) in [5.74, 6) is -1.01. The van der Waals surface area contributed by atoms with Crippen molar-refractivity contribution in [2.75, 3.05) is 0 Å². The van der Waals surface area contributed by atoms with Crippen molar-refractivity contribution >= 4 is 27.8 Å². The molecule has 1 amide bonds. The summed E-state index contributed by atoms with van der Waals surface area (Å²) in [5, 5.41) is 12.2. The Morgan fingerprint density at radius 2 is 1.96 bits per heavy atom. The minimum Gasteiger partial charge on any atom is -0.449 e. The third-order valence-corrected chi connectivity index (χ3v) is 4.72. The van der Waals surface area contributed by atoms with Crippen molar-refractivity contribution in [1.29, 1.82) is 5.26 Å². The van der Waals surface area contributed by atoms with Gasteiger partial charge in [0.25, 0.3) is 5.91 Å². The molecule has 0 radical (unpaired) electrons. The van der Waals surface area contributed by atoms with Gasteiger partial charge in [-0.25, -0.2) is 4.79 Å². The Kier molecular flexibility index (Phi) is 5.78. The molecule has 0 heterocycles. The molecule has 0 unspecified atom stereocenters. The summed E-state index contributed by atoms with van der Waals surface area (Å²) < 4.78 is 5.83. The van der Waals surface area contributed by atoms with Gasteiger partial charge in [-0.15, -0.1) is 0 Å². The number of hydrogen-bond acceptors (Lipinski definition) is 4. The van der Waals surface area contributed by atoms with Gasteiger partial charge < -0.3 is 10.1 Å². The maximum Gasteiger partial charge on any atom is 0.340 e. The molecule has 1 atom stereocenters. The normalized spacial score (nSPS) is 17.6. The second-order valence-corrected chi connectivity index (χ2v) is 6.63. The highest BCUT2D eigenvalue weighted by molar-refractivity contribution is 9.10. The molecule has 23 heavy (non-hydrogen) atoms. The molecule has 0 saturated heterocycles. The van der Waals surface area contributed by atoms with Crippen LogP contribution in [-0.2, 0) is 9.53 Å². The number of rotatable bonds is 4. The van der Waals surface area contributed by atoms with Gasteiger partial charge in [0, 0.05) is 4.47 Å². The van der Waals surface area contributed by atoms with Crippen molar-refractivity contribution in [3.05, 3.63) is 34.3 Å². The molecule has 1 aliphatic rings. The summed E-state index contributed by atoms with van der Waals surface area (Å²) in [6.07, 6.45) is 3.23. The van der Waals surface area contributed by atoms with Crippen LogP contribution in [0.1, 0.15) is 49.4 Å². The number of benzene rings is 1. The van der Waals surface area contributed by atoms with Gasteiger partial charge in [-0.1, -0.05) is 31.4 Å². The number of halogens is 1.